The van der Waals surface area contributed by atoms with Crippen LogP contribution in [0.15, 0.2) is 24.3 Å². The third kappa shape index (κ3) is 14.6. The quantitative estimate of drug-likeness (QED) is 0.0148. The molecule has 0 radical (unpaired) electrons. The van der Waals surface area contributed by atoms with Gasteiger partial charge in [-0.15, -0.1) is 0 Å². The summed E-state index contributed by atoms with van der Waals surface area (Å²) in [7, 11) is 0. The summed E-state index contributed by atoms with van der Waals surface area (Å²) in [6.45, 7) is 3.67. The summed E-state index contributed by atoms with van der Waals surface area (Å²) in [6, 6.07) is 3.81. The van der Waals surface area contributed by atoms with E-state index < -0.39 is 30.0 Å². The van der Waals surface area contributed by atoms with Crippen molar-refractivity contribution in [3.8, 4) is 5.75 Å². The number of hydrogen-bond donors (Lipinski definition) is 4. The number of benzene rings is 2. The molecule has 0 spiro atoms. The maximum absolute atomic E-state index is 14.9. The van der Waals surface area contributed by atoms with Gasteiger partial charge < -0.3 is 26.4 Å². The molecule has 0 heterocycles. The number of ether oxygens (including phenoxy) is 1. The topological polar surface area (TPSA) is 136 Å². The van der Waals surface area contributed by atoms with Crippen LogP contribution in [0.3, 0.4) is 0 Å². The van der Waals surface area contributed by atoms with Crippen molar-refractivity contribution in [1.29, 1.82) is 0 Å². The monoisotopic (exact) mass is 1390 g/mol. The van der Waals surface area contributed by atoms with E-state index in [0.717, 1.165) is 58.4 Å². The van der Waals surface area contributed by atoms with Gasteiger partial charge in [0.25, 0.3) is 0 Å². The average Bonchev–Trinajstić information content (AvgIpc) is 3.11. The van der Waals surface area contributed by atoms with Gasteiger partial charge in [0.05, 0.1) is 31.2 Å². The zero-order chi connectivity index (χ0) is 38.8. The Bertz CT molecular complexity index is 1490. The molecule has 0 fully saturated rings. The van der Waals surface area contributed by atoms with Crippen LogP contribution in [-0.4, -0.2) is 34.7 Å². The normalized spacial score (nSPS) is 14.0. The molecule has 0 saturated heterocycles. The van der Waals surface area contributed by atoms with E-state index in [-0.39, 0.29) is 18.6 Å². The molecule has 2 aromatic rings. The first-order valence-electron chi connectivity index (χ1n) is 18.3. The Kier molecular flexibility index (Phi) is 24.9. The third-order valence-corrected chi connectivity index (χ3v) is 15.1. The lowest BCUT2D eigenvalue weighted by molar-refractivity contribution is -0.158. The minimum absolute atomic E-state index is 0.154. The summed E-state index contributed by atoms with van der Waals surface area (Å²) in [5.41, 5.74) is 13.0. The predicted octanol–water partition coefficient (Wildman–Crippen LogP) is 12.3. The summed E-state index contributed by atoms with van der Waals surface area (Å²) in [6.07, 6.45) is 19.1. The molecule has 3 unspecified atom stereocenters. The molecular weight excluding hydrogens is 1340 g/mol. The molecule has 0 amide bonds. The molecule has 7 nitrogen and oxygen atoms in total. The maximum Gasteiger partial charge on any atom is 0.325 e. The van der Waals surface area contributed by atoms with Crippen molar-refractivity contribution in [2.45, 2.75) is 135 Å². The number of nitrogen functional groups attached to an aromatic ring is 2. The Labute approximate surface area is 393 Å². The number of ketones is 1. The first kappa shape index (κ1) is 49.4. The maximum atomic E-state index is 14.9. The molecule has 2 aromatic carbocycles. The van der Waals surface area contributed by atoms with E-state index in [9.17, 15) is 19.8 Å². The molecule has 0 aliphatic rings. The van der Waals surface area contributed by atoms with E-state index in [1.54, 1.807) is 0 Å². The Hall–Kier alpha value is 1.22. The van der Waals surface area contributed by atoms with Crippen molar-refractivity contribution in [2.75, 3.05) is 18.1 Å². The highest BCUT2D eigenvalue weighted by Gasteiger charge is 2.55. The smallest absolute Gasteiger partial charge is 0.325 e. The lowest BCUT2D eigenvalue weighted by Crippen LogP contribution is -2.50. The van der Waals surface area contributed by atoms with Crippen molar-refractivity contribution < 1.29 is 24.5 Å². The molecule has 0 aliphatic carbocycles. The van der Waals surface area contributed by atoms with Gasteiger partial charge in [0.15, 0.2) is 11.5 Å². The molecule has 13 heteroatoms. The highest BCUT2D eigenvalue weighted by atomic mass is 127. The number of halogens is 6. The number of rotatable bonds is 25. The third-order valence-electron chi connectivity index (χ3n) is 9.42. The number of carbonyl (C=O) groups excluding carboxylic acids is 2. The van der Waals surface area contributed by atoms with Gasteiger partial charge in [0.1, 0.15) is 5.41 Å². The number of aliphatic hydroxyl groups is 2. The molecule has 0 bridgehead atoms. The standard InChI is InChI=1S/C39H54I6N2O5/c1-3-5-6-7-8-9-10-11-12-13-14-15-16-17-18-20-31(50)39(23-25(49)24-48,38(51)52-37-30(43)22-29(42)36(47)34(37)45)26(19-4-2)32-27(40)21-28(41)35(46)33(32)44/h11-12,21-22,25-26,48-49H,3-10,13-20,23-24,46-47H2,1-2H3. The number of aliphatic hydroxyl groups excluding tert-OH is 2. The second-order valence-electron chi connectivity index (χ2n) is 13.4. The largest absolute Gasteiger partial charge is 0.423 e. The van der Waals surface area contributed by atoms with Gasteiger partial charge in [0, 0.05) is 26.6 Å². The molecule has 52 heavy (non-hydrogen) atoms. The fourth-order valence-electron chi connectivity index (χ4n) is 6.54. The first-order valence-corrected chi connectivity index (χ1v) is 24.8. The van der Waals surface area contributed by atoms with E-state index in [2.05, 4.69) is 155 Å². The van der Waals surface area contributed by atoms with E-state index >= 15 is 0 Å². The fourth-order valence-corrected chi connectivity index (χ4v) is 14.3. The molecular formula is C39H54I6N2O5. The number of anilines is 2. The van der Waals surface area contributed by atoms with Crippen molar-refractivity contribution in [3.63, 3.8) is 0 Å². The number of nitrogens with two attached hydrogens (primary N) is 2. The van der Waals surface area contributed by atoms with E-state index in [1.165, 1.54) is 38.5 Å². The van der Waals surface area contributed by atoms with Crippen LogP contribution in [0.2, 0.25) is 0 Å². The summed E-state index contributed by atoms with van der Waals surface area (Å²) >= 11 is 13.0. The van der Waals surface area contributed by atoms with Crippen LogP contribution >= 0.6 is 136 Å². The average molecular weight is 1390 g/mol. The van der Waals surface area contributed by atoms with Crippen molar-refractivity contribution >= 4 is 159 Å². The second-order valence-corrected chi connectivity index (χ2v) is 20.2. The molecule has 0 aliphatic heterocycles. The van der Waals surface area contributed by atoms with E-state index in [0.29, 0.717) is 43.5 Å². The van der Waals surface area contributed by atoms with Crippen LogP contribution in [0.1, 0.15) is 134 Å². The number of carbonyl (C=O) groups is 2. The highest BCUT2D eigenvalue weighted by Crippen LogP contribution is 2.50. The lowest BCUT2D eigenvalue weighted by Gasteiger charge is -2.40. The number of hydrogen-bond acceptors (Lipinski definition) is 7. The first-order chi connectivity index (χ1) is 24.8. The van der Waals surface area contributed by atoms with Crippen LogP contribution in [-0.2, 0) is 9.59 Å². The van der Waals surface area contributed by atoms with E-state index in [4.69, 9.17) is 16.2 Å². The zero-order valence-corrected chi connectivity index (χ0v) is 43.2. The lowest BCUT2D eigenvalue weighted by atomic mass is 9.63. The molecule has 3 atom stereocenters. The number of esters is 1. The number of Topliss-reactive ketones (excluding diaryl/α,β-unsaturated/α-hetero) is 1. The number of unbranched alkanes of at least 4 members (excludes halogenated alkanes) is 11. The minimum atomic E-state index is -1.79. The molecule has 0 aromatic heterocycles. The van der Waals surface area contributed by atoms with Gasteiger partial charge in [0.2, 0.25) is 0 Å². The van der Waals surface area contributed by atoms with Crippen molar-refractivity contribution in [2.24, 2.45) is 5.41 Å². The molecule has 0 saturated carbocycles. The van der Waals surface area contributed by atoms with Gasteiger partial charge in [-0.1, -0.05) is 83.8 Å². The van der Waals surface area contributed by atoms with Crippen LogP contribution in [0, 0.1) is 26.8 Å². The summed E-state index contributed by atoms with van der Waals surface area (Å²) in [4.78, 5) is 29.8. The van der Waals surface area contributed by atoms with Crippen molar-refractivity contribution in [3.05, 3.63) is 51.3 Å². The summed E-state index contributed by atoms with van der Waals surface area (Å²) in [5.74, 6) is -1.39. The fraction of sp³-hybridized carbons (Fsp3) is 0.590. The Morgan fingerprint density at radius 1 is 0.750 bits per heavy atom. The van der Waals surface area contributed by atoms with Gasteiger partial charge in [-0.25, -0.2) is 0 Å². The van der Waals surface area contributed by atoms with Crippen molar-refractivity contribution in [1.82, 2.24) is 0 Å². The highest BCUT2D eigenvalue weighted by molar-refractivity contribution is 14.1. The van der Waals surface area contributed by atoms with Gasteiger partial charge >= 0.3 is 5.97 Å². The molecule has 6 N–H and O–H groups in total. The number of allylic oxidation sites excluding steroid dienone is 2. The summed E-state index contributed by atoms with van der Waals surface area (Å²) in [5, 5.41) is 21.2. The van der Waals surface area contributed by atoms with Gasteiger partial charge in [-0.3, -0.25) is 9.59 Å². The Balaban J connectivity index is 2.38. The molecule has 292 valence electrons. The van der Waals surface area contributed by atoms with Gasteiger partial charge in [-0.05, 0) is 198 Å². The van der Waals surface area contributed by atoms with E-state index in [1.807, 2.05) is 19.1 Å². The second kappa shape index (κ2) is 26.3. The predicted molar refractivity (Wildman–Crippen MR) is 266 cm³/mol. The van der Waals surface area contributed by atoms with Crippen LogP contribution in [0.5, 0.6) is 5.75 Å². The Morgan fingerprint density at radius 3 is 1.83 bits per heavy atom. The summed E-state index contributed by atoms with van der Waals surface area (Å²) < 4.78 is 10.9. The minimum Gasteiger partial charge on any atom is -0.423 e. The Morgan fingerprint density at radius 2 is 1.27 bits per heavy atom. The zero-order valence-electron chi connectivity index (χ0n) is 30.2. The van der Waals surface area contributed by atoms with Crippen LogP contribution in [0.25, 0.3) is 0 Å². The van der Waals surface area contributed by atoms with Crippen LogP contribution in [0.4, 0.5) is 11.4 Å². The SMILES string of the molecule is CCCCCCCCC=CCCCCCCCC(=O)C(CC(O)CO)(C(=O)Oc1c(I)cc(I)c(N)c1I)C(CCC)c1c(I)cc(I)c(N)c1I. The van der Waals surface area contributed by atoms with Crippen LogP contribution < -0.4 is 16.2 Å². The molecule has 2 rings (SSSR count). The van der Waals surface area contributed by atoms with Gasteiger partial charge in [-0.2, -0.15) is 0 Å².